The summed E-state index contributed by atoms with van der Waals surface area (Å²) in [6.45, 7) is 8.55. The topological polar surface area (TPSA) is 38.3 Å². The minimum absolute atomic E-state index is 0.130. The molecule has 0 aromatic rings. The van der Waals surface area contributed by atoms with E-state index in [0.29, 0.717) is 5.92 Å². The van der Waals surface area contributed by atoms with Crippen LogP contribution in [0.1, 0.15) is 34.1 Å². The van der Waals surface area contributed by atoms with Crippen molar-refractivity contribution >= 4 is 5.97 Å². The van der Waals surface area contributed by atoms with Gasteiger partial charge in [0.1, 0.15) is 11.6 Å². The van der Waals surface area contributed by atoms with Gasteiger partial charge in [0, 0.05) is 6.54 Å². The van der Waals surface area contributed by atoms with Crippen LogP contribution in [-0.4, -0.2) is 24.2 Å². The SMILES string of the molecule is C/C=C\C1CNC(C(=O)OC(C)(C)C)C1. The van der Waals surface area contributed by atoms with Crippen molar-refractivity contribution in [2.24, 2.45) is 5.92 Å². The maximum atomic E-state index is 11.7. The molecular formula is C12H21NO2. The van der Waals surface area contributed by atoms with Crippen LogP contribution in [0.3, 0.4) is 0 Å². The van der Waals surface area contributed by atoms with Gasteiger partial charge >= 0.3 is 5.97 Å². The lowest BCUT2D eigenvalue weighted by Crippen LogP contribution is -2.37. The summed E-state index contributed by atoms with van der Waals surface area (Å²) in [6.07, 6.45) is 5.01. The van der Waals surface area contributed by atoms with Gasteiger partial charge in [-0.05, 0) is 40.0 Å². The van der Waals surface area contributed by atoms with E-state index in [2.05, 4.69) is 11.4 Å². The van der Waals surface area contributed by atoms with E-state index in [1.807, 2.05) is 33.8 Å². The zero-order chi connectivity index (χ0) is 11.5. The Morgan fingerprint density at radius 2 is 2.13 bits per heavy atom. The lowest BCUT2D eigenvalue weighted by Gasteiger charge is -2.22. The molecule has 15 heavy (non-hydrogen) atoms. The zero-order valence-corrected chi connectivity index (χ0v) is 10.0. The van der Waals surface area contributed by atoms with Gasteiger partial charge < -0.3 is 10.1 Å². The van der Waals surface area contributed by atoms with Crippen molar-refractivity contribution in [1.29, 1.82) is 0 Å². The van der Waals surface area contributed by atoms with Crippen molar-refractivity contribution in [2.75, 3.05) is 6.54 Å². The number of esters is 1. The first kappa shape index (κ1) is 12.2. The van der Waals surface area contributed by atoms with E-state index >= 15 is 0 Å². The highest BCUT2D eigenvalue weighted by Gasteiger charge is 2.31. The molecule has 3 nitrogen and oxygen atoms in total. The molecule has 0 amide bonds. The molecule has 1 saturated heterocycles. The lowest BCUT2D eigenvalue weighted by atomic mass is 10.1. The molecule has 1 N–H and O–H groups in total. The number of carbonyl (C=O) groups excluding carboxylic acids is 1. The summed E-state index contributed by atoms with van der Waals surface area (Å²) in [5, 5.41) is 3.19. The van der Waals surface area contributed by atoms with Crippen LogP contribution in [0.25, 0.3) is 0 Å². The van der Waals surface area contributed by atoms with E-state index in [1.54, 1.807) is 0 Å². The van der Waals surface area contributed by atoms with Gasteiger partial charge in [-0.3, -0.25) is 4.79 Å². The Hall–Kier alpha value is -0.830. The minimum Gasteiger partial charge on any atom is -0.459 e. The second-order valence-electron chi connectivity index (χ2n) is 5.02. The first-order chi connectivity index (χ1) is 6.92. The van der Waals surface area contributed by atoms with E-state index in [-0.39, 0.29) is 12.0 Å². The van der Waals surface area contributed by atoms with Crippen LogP contribution in [-0.2, 0) is 9.53 Å². The molecule has 0 radical (unpaired) electrons. The van der Waals surface area contributed by atoms with Gasteiger partial charge in [0.25, 0.3) is 0 Å². The van der Waals surface area contributed by atoms with Gasteiger partial charge in [-0.2, -0.15) is 0 Å². The molecule has 2 unspecified atom stereocenters. The van der Waals surface area contributed by atoms with E-state index < -0.39 is 5.60 Å². The van der Waals surface area contributed by atoms with E-state index in [0.717, 1.165) is 13.0 Å². The molecule has 1 aliphatic rings. The molecule has 0 aromatic heterocycles. The predicted octanol–water partition coefficient (Wildman–Crippen LogP) is 1.88. The molecule has 0 aliphatic carbocycles. The summed E-state index contributed by atoms with van der Waals surface area (Å²) in [5.74, 6) is 0.335. The molecule has 0 saturated carbocycles. The summed E-state index contributed by atoms with van der Waals surface area (Å²) in [6, 6.07) is -0.134. The van der Waals surface area contributed by atoms with Crippen LogP contribution in [0.4, 0.5) is 0 Å². The van der Waals surface area contributed by atoms with Crippen LogP contribution in [0.15, 0.2) is 12.2 Å². The summed E-state index contributed by atoms with van der Waals surface area (Å²) < 4.78 is 5.32. The molecule has 1 rings (SSSR count). The molecule has 0 aromatic carbocycles. The highest BCUT2D eigenvalue weighted by Crippen LogP contribution is 2.18. The van der Waals surface area contributed by atoms with Crippen molar-refractivity contribution in [1.82, 2.24) is 5.32 Å². The first-order valence-electron chi connectivity index (χ1n) is 5.51. The van der Waals surface area contributed by atoms with Crippen molar-refractivity contribution in [3.8, 4) is 0 Å². The molecule has 86 valence electrons. The van der Waals surface area contributed by atoms with Gasteiger partial charge in [-0.1, -0.05) is 12.2 Å². The second kappa shape index (κ2) is 4.79. The Bertz CT molecular complexity index is 253. The molecule has 0 spiro atoms. The van der Waals surface area contributed by atoms with Crippen LogP contribution < -0.4 is 5.32 Å². The van der Waals surface area contributed by atoms with Gasteiger partial charge in [0.2, 0.25) is 0 Å². The molecule has 1 aliphatic heterocycles. The van der Waals surface area contributed by atoms with Gasteiger partial charge in [-0.15, -0.1) is 0 Å². The van der Waals surface area contributed by atoms with Crippen molar-refractivity contribution in [2.45, 2.75) is 45.8 Å². The largest absolute Gasteiger partial charge is 0.459 e. The molecular weight excluding hydrogens is 190 g/mol. The van der Waals surface area contributed by atoms with Crippen LogP contribution in [0.5, 0.6) is 0 Å². The summed E-state index contributed by atoms with van der Waals surface area (Å²) >= 11 is 0. The summed E-state index contributed by atoms with van der Waals surface area (Å²) in [7, 11) is 0. The normalized spacial score (nSPS) is 27.2. The Morgan fingerprint density at radius 1 is 1.47 bits per heavy atom. The van der Waals surface area contributed by atoms with Crippen LogP contribution in [0.2, 0.25) is 0 Å². The smallest absolute Gasteiger partial charge is 0.323 e. The third kappa shape index (κ3) is 4.04. The highest BCUT2D eigenvalue weighted by molar-refractivity contribution is 5.76. The lowest BCUT2D eigenvalue weighted by molar-refractivity contribution is -0.157. The number of carbonyl (C=O) groups is 1. The first-order valence-corrected chi connectivity index (χ1v) is 5.51. The molecule has 1 fully saturated rings. The van der Waals surface area contributed by atoms with Crippen molar-refractivity contribution in [3.63, 3.8) is 0 Å². The van der Waals surface area contributed by atoms with Crippen LogP contribution in [0, 0.1) is 5.92 Å². The Balaban J connectivity index is 2.43. The number of hydrogen-bond donors (Lipinski definition) is 1. The van der Waals surface area contributed by atoms with Gasteiger partial charge in [-0.25, -0.2) is 0 Å². The maximum absolute atomic E-state index is 11.7. The summed E-state index contributed by atoms with van der Waals surface area (Å²) in [5.41, 5.74) is -0.391. The third-order valence-corrected chi connectivity index (χ3v) is 2.32. The number of nitrogens with one attached hydrogen (secondary N) is 1. The Kier molecular flexibility index (Phi) is 3.91. The van der Waals surface area contributed by atoms with Crippen molar-refractivity contribution < 1.29 is 9.53 Å². The number of hydrogen-bond acceptors (Lipinski definition) is 3. The number of allylic oxidation sites excluding steroid dienone is 1. The van der Waals surface area contributed by atoms with Crippen molar-refractivity contribution in [3.05, 3.63) is 12.2 Å². The quantitative estimate of drug-likeness (QED) is 0.560. The molecule has 2 atom stereocenters. The second-order valence-corrected chi connectivity index (χ2v) is 5.02. The van der Waals surface area contributed by atoms with Gasteiger partial charge in [0.05, 0.1) is 0 Å². The maximum Gasteiger partial charge on any atom is 0.323 e. The Labute approximate surface area is 91.9 Å². The van der Waals surface area contributed by atoms with Crippen LogP contribution >= 0.6 is 0 Å². The van der Waals surface area contributed by atoms with E-state index in [9.17, 15) is 4.79 Å². The molecule has 3 heteroatoms. The van der Waals surface area contributed by atoms with E-state index in [4.69, 9.17) is 4.74 Å². The average molecular weight is 211 g/mol. The zero-order valence-electron chi connectivity index (χ0n) is 10.0. The molecule has 0 bridgehead atoms. The molecule has 1 heterocycles. The fraction of sp³-hybridized carbons (Fsp3) is 0.750. The minimum atomic E-state index is -0.391. The fourth-order valence-electron chi connectivity index (χ4n) is 1.73. The number of ether oxygens (including phenoxy) is 1. The monoisotopic (exact) mass is 211 g/mol. The van der Waals surface area contributed by atoms with E-state index in [1.165, 1.54) is 0 Å². The average Bonchev–Trinajstić information content (AvgIpc) is 2.50. The number of rotatable bonds is 2. The highest BCUT2D eigenvalue weighted by atomic mass is 16.6. The fourth-order valence-corrected chi connectivity index (χ4v) is 1.73. The Morgan fingerprint density at radius 3 is 2.67 bits per heavy atom. The summed E-state index contributed by atoms with van der Waals surface area (Å²) in [4.78, 5) is 11.7. The predicted molar refractivity (Wildman–Crippen MR) is 60.6 cm³/mol. The standard InChI is InChI=1S/C12H21NO2/c1-5-6-9-7-10(13-8-9)11(14)15-12(2,3)4/h5-6,9-10,13H,7-8H2,1-4H3/b6-5-. The van der Waals surface area contributed by atoms with Gasteiger partial charge in [0.15, 0.2) is 0 Å². The third-order valence-electron chi connectivity index (χ3n) is 2.32.